The summed E-state index contributed by atoms with van der Waals surface area (Å²) in [6.45, 7) is 5.54. The third kappa shape index (κ3) is 4.53. The second kappa shape index (κ2) is 9.00. The van der Waals surface area contributed by atoms with Gasteiger partial charge in [0.25, 0.3) is 5.91 Å². The number of hydrogen-bond acceptors (Lipinski definition) is 4. The fraction of sp³-hybridized carbons (Fsp3) is 0.231. The predicted octanol–water partition coefficient (Wildman–Crippen LogP) is 5.79. The van der Waals surface area contributed by atoms with Crippen molar-refractivity contribution in [1.82, 2.24) is 9.88 Å². The van der Waals surface area contributed by atoms with Crippen LogP contribution in [-0.4, -0.2) is 43.0 Å². The Morgan fingerprint density at radius 1 is 0.871 bits per heavy atom. The van der Waals surface area contributed by atoms with Crippen LogP contribution in [0.5, 0.6) is 0 Å². The number of rotatable bonds is 6. The van der Waals surface area contributed by atoms with Gasteiger partial charge in [-0.15, -0.1) is 0 Å². The number of aromatic nitrogens is 1. The molecule has 1 aromatic heterocycles. The van der Waals surface area contributed by atoms with Gasteiger partial charge in [-0.2, -0.15) is 0 Å². The lowest BCUT2D eigenvalue weighted by atomic mass is 10.0. The zero-order valence-electron chi connectivity index (χ0n) is 18.4. The number of hydrogen-bond donors (Lipinski definition) is 0. The summed E-state index contributed by atoms with van der Waals surface area (Å²) in [5, 5.41) is 0.752. The maximum Gasteiger partial charge on any atom is 0.260 e. The molecule has 0 N–H and O–H groups in total. The van der Waals surface area contributed by atoms with Crippen LogP contribution in [0.25, 0.3) is 21.3 Å². The first-order valence-electron chi connectivity index (χ1n) is 10.4. The molecule has 0 fully saturated rings. The number of carbonyl (C=O) groups is 1. The Morgan fingerprint density at radius 2 is 1.55 bits per heavy atom. The van der Waals surface area contributed by atoms with E-state index in [-0.39, 0.29) is 5.91 Å². The lowest BCUT2D eigenvalue weighted by Crippen LogP contribution is -2.36. The topological polar surface area (TPSA) is 36.4 Å². The predicted molar refractivity (Wildman–Crippen MR) is 131 cm³/mol. The summed E-state index contributed by atoms with van der Waals surface area (Å²) in [4.78, 5) is 22.3. The van der Waals surface area contributed by atoms with Crippen LogP contribution >= 0.6 is 11.3 Å². The molecule has 1 amide bonds. The maximum atomic E-state index is 13.5. The largest absolute Gasteiger partial charge is 0.308 e. The highest BCUT2D eigenvalue weighted by Crippen LogP contribution is 2.32. The summed E-state index contributed by atoms with van der Waals surface area (Å²) in [6, 6.07) is 22.3. The summed E-state index contributed by atoms with van der Waals surface area (Å²) in [5.74, 6) is -0.0186. The zero-order chi connectivity index (χ0) is 22.0. The minimum atomic E-state index is -0.0186. The van der Waals surface area contributed by atoms with E-state index in [4.69, 9.17) is 4.98 Å². The van der Waals surface area contributed by atoms with Crippen LogP contribution in [0.3, 0.4) is 0 Å². The zero-order valence-corrected chi connectivity index (χ0v) is 19.2. The van der Waals surface area contributed by atoms with Crippen molar-refractivity contribution in [1.29, 1.82) is 0 Å². The molecule has 31 heavy (non-hydrogen) atoms. The summed E-state index contributed by atoms with van der Waals surface area (Å²) in [7, 11) is 4.03. The Kier molecular flexibility index (Phi) is 6.16. The number of amides is 1. The lowest BCUT2D eigenvalue weighted by Gasteiger charge is -2.22. The highest BCUT2D eigenvalue weighted by atomic mass is 32.1. The summed E-state index contributed by atoms with van der Waals surface area (Å²) < 4.78 is 1.11. The van der Waals surface area contributed by atoms with Crippen molar-refractivity contribution in [3.05, 3.63) is 83.4 Å². The molecule has 4 nitrogen and oxygen atoms in total. The Hall–Kier alpha value is -3.02. The minimum Gasteiger partial charge on any atom is -0.308 e. The molecule has 3 aromatic carbocycles. The molecule has 0 radical (unpaired) electrons. The number of benzene rings is 3. The van der Waals surface area contributed by atoms with Crippen molar-refractivity contribution >= 4 is 32.6 Å². The normalized spacial score (nSPS) is 11.3. The number of nitrogens with zero attached hydrogens (tertiary/aromatic N) is 3. The van der Waals surface area contributed by atoms with E-state index in [0.717, 1.165) is 33.0 Å². The van der Waals surface area contributed by atoms with Gasteiger partial charge >= 0.3 is 0 Å². The summed E-state index contributed by atoms with van der Waals surface area (Å²) >= 11 is 1.58. The Bertz CT molecular complexity index is 1200. The first-order chi connectivity index (χ1) is 14.9. The monoisotopic (exact) mass is 429 g/mol. The van der Waals surface area contributed by atoms with Crippen molar-refractivity contribution in [2.75, 3.05) is 32.1 Å². The van der Waals surface area contributed by atoms with Gasteiger partial charge in [0.2, 0.25) is 0 Å². The molecule has 1 heterocycles. The first-order valence-corrected chi connectivity index (χ1v) is 11.2. The third-order valence-corrected chi connectivity index (χ3v) is 6.60. The second-order valence-corrected chi connectivity index (χ2v) is 9.06. The molecular weight excluding hydrogens is 402 g/mol. The fourth-order valence-corrected chi connectivity index (χ4v) is 4.56. The molecule has 0 atom stereocenters. The molecule has 0 bridgehead atoms. The SMILES string of the molecule is Cc1ccc2sc(N(CCN(C)C)C(=O)c3ccc(-c4ccccc4)cc3)nc2c1C. The average molecular weight is 430 g/mol. The molecule has 4 rings (SSSR count). The van der Waals surface area contributed by atoms with Crippen molar-refractivity contribution in [2.24, 2.45) is 0 Å². The summed E-state index contributed by atoms with van der Waals surface area (Å²) in [6.07, 6.45) is 0. The van der Waals surface area contributed by atoms with E-state index in [1.54, 1.807) is 11.3 Å². The smallest absolute Gasteiger partial charge is 0.260 e. The Labute approximate surface area is 187 Å². The van der Waals surface area contributed by atoms with E-state index in [1.807, 2.05) is 61.5 Å². The number of aryl methyl sites for hydroxylation is 2. The van der Waals surface area contributed by atoms with Gasteiger partial charge in [0.15, 0.2) is 5.13 Å². The van der Waals surface area contributed by atoms with E-state index in [0.29, 0.717) is 12.1 Å². The van der Waals surface area contributed by atoms with Crippen molar-refractivity contribution in [3.8, 4) is 11.1 Å². The van der Waals surface area contributed by atoms with Crippen molar-refractivity contribution < 1.29 is 4.79 Å². The molecule has 4 aromatic rings. The standard InChI is InChI=1S/C26H27N3OS/c1-18-10-15-23-24(19(18)2)27-26(31-23)29(17-16-28(3)4)25(30)22-13-11-21(12-14-22)20-8-6-5-7-9-20/h5-15H,16-17H2,1-4H3. The van der Waals surface area contributed by atoms with Crippen LogP contribution in [-0.2, 0) is 0 Å². The van der Waals surface area contributed by atoms with Crippen LogP contribution < -0.4 is 4.90 Å². The van der Waals surface area contributed by atoms with Crippen LogP contribution in [0, 0.1) is 13.8 Å². The number of anilines is 1. The van der Waals surface area contributed by atoms with Crippen molar-refractivity contribution in [3.63, 3.8) is 0 Å². The average Bonchev–Trinajstić information content (AvgIpc) is 3.21. The van der Waals surface area contributed by atoms with E-state index in [2.05, 4.69) is 43.0 Å². The molecular formula is C26H27N3OS. The number of fused-ring (bicyclic) bond motifs is 1. The van der Waals surface area contributed by atoms with Gasteiger partial charge in [-0.05, 0) is 68.4 Å². The van der Waals surface area contributed by atoms with Crippen LogP contribution in [0.15, 0.2) is 66.7 Å². The molecule has 0 aliphatic heterocycles. The number of thiazole rings is 1. The molecule has 0 saturated heterocycles. The molecule has 5 heteroatoms. The van der Waals surface area contributed by atoms with Crippen molar-refractivity contribution in [2.45, 2.75) is 13.8 Å². The van der Waals surface area contributed by atoms with Gasteiger partial charge in [-0.1, -0.05) is 59.9 Å². The quantitative estimate of drug-likeness (QED) is 0.389. The molecule has 0 saturated carbocycles. The summed E-state index contributed by atoms with van der Waals surface area (Å²) in [5.41, 5.74) is 6.29. The Balaban J connectivity index is 1.67. The molecule has 0 unspecified atom stereocenters. The number of carbonyl (C=O) groups excluding carboxylic acids is 1. The second-order valence-electron chi connectivity index (χ2n) is 8.05. The third-order valence-electron chi connectivity index (χ3n) is 5.56. The van der Waals surface area contributed by atoms with Gasteiger partial charge in [0.05, 0.1) is 10.2 Å². The highest BCUT2D eigenvalue weighted by molar-refractivity contribution is 7.22. The Morgan fingerprint density at radius 3 is 2.23 bits per heavy atom. The molecule has 158 valence electrons. The fourth-order valence-electron chi connectivity index (χ4n) is 3.51. The highest BCUT2D eigenvalue weighted by Gasteiger charge is 2.22. The van der Waals surface area contributed by atoms with E-state index >= 15 is 0 Å². The van der Waals surface area contributed by atoms with E-state index in [9.17, 15) is 4.79 Å². The van der Waals surface area contributed by atoms with Gasteiger partial charge < -0.3 is 4.90 Å². The minimum absolute atomic E-state index is 0.0186. The van der Waals surface area contributed by atoms with Gasteiger partial charge in [0, 0.05) is 18.7 Å². The van der Waals surface area contributed by atoms with Crippen LogP contribution in [0.4, 0.5) is 5.13 Å². The lowest BCUT2D eigenvalue weighted by molar-refractivity contribution is 0.0985. The molecule has 0 spiro atoms. The van der Waals surface area contributed by atoms with Crippen LogP contribution in [0.1, 0.15) is 21.5 Å². The maximum absolute atomic E-state index is 13.5. The van der Waals surface area contributed by atoms with Gasteiger partial charge in [-0.3, -0.25) is 9.69 Å². The van der Waals surface area contributed by atoms with E-state index < -0.39 is 0 Å². The first kappa shape index (κ1) is 21.2. The number of likely N-dealkylation sites (N-methyl/N-ethyl adjacent to an activating group) is 1. The van der Waals surface area contributed by atoms with Gasteiger partial charge in [-0.25, -0.2) is 4.98 Å². The van der Waals surface area contributed by atoms with E-state index in [1.165, 1.54) is 11.1 Å². The molecule has 0 aliphatic rings. The van der Waals surface area contributed by atoms with Gasteiger partial charge in [0.1, 0.15) is 0 Å². The molecule has 0 aliphatic carbocycles. The van der Waals surface area contributed by atoms with Crippen LogP contribution in [0.2, 0.25) is 0 Å².